The highest BCUT2D eigenvalue weighted by atomic mass is 16.5. The van der Waals surface area contributed by atoms with Gasteiger partial charge in [0.25, 0.3) is 5.91 Å². The van der Waals surface area contributed by atoms with Crippen LogP contribution in [0.15, 0.2) is 34.9 Å². The van der Waals surface area contributed by atoms with E-state index < -0.39 is 0 Å². The Morgan fingerprint density at radius 1 is 1.35 bits per heavy atom. The van der Waals surface area contributed by atoms with Crippen molar-refractivity contribution in [1.29, 1.82) is 0 Å². The normalized spacial score (nSPS) is 14.0. The number of fused-ring (bicyclic) bond motifs is 1. The van der Waals surface area contributed by atoms with Gasteiger partial charge in [0.1, 0.15) is 11.5 Å². The van der Waals surface area contributed by atoms with E-state index in [4.69, 9.17) is 9.15 Å². The Morgan fingerprint density at radius 3 is 2.90 bits per heavy atom. The van der Waals surface area contributed by atoms with E-state index >= 15 is 0 Å². The van der Waals surface area contributed by atoms with Crippen LogP contribution in [-0.4, -0.2) is 24.5 Å². The van der Waals surface area contributed by atoms with Crippen LogP contribution in [0.4, 0.5) is 0 Å². The van der Waals surface area contributed by atoms with Crippen molar-refractivity contribution in [2.75, 3.05) is 13.7 Å². The van der Waals surface area contributed by atoms with Crippen molar-refractivity contribution < 1.29 is 13.9 Å². The summed E-state index contributed by atoms with van der Waals surface area (Å²) in [5.74, 6) is 1.62. The third-order valence-electron chi connectivity index (χ3n) is 3.82. The average molecular weight is 271 g/mol. The van der Waals surface area contributed by atoms with E-state index in [1.165, 1.54) is 5.56 Å². The van der Waals surface area contributed by atoms with Gasteiger partial charge in [0.15, 0.2) is 0 Å². The number of hydrogen-bond acceptors (Lipinski definition) is 3. The highest BCUT2D eigenvalue weighted by Crippen LogP contribution is 2.28. The average Bonchev–Trinajstić information content (AvgIpc) is 2.91. The predicted molar refractivity (Wildman–Crippen MR) is 74.9 cm³/mol. The first-order valence-corrected chi connectivity index (χ1v) is 6.69. The summed E-state index contributed by atoms with van der Waals surface area (Å²) < 4.78 is 10.6. The lowest BCUT2D eigenvalue weighted by Crippen LogP contribution is -2.36. The molecule has 1 aromatic carbocycles. The van der Waals surface area contributed by atoms with Gasteiger partial charge in [0.05, 0.1) is 18.9 Å². The van der Waals surface area contributed by atoms with Crippen LogP contribution >= 0.6 is 0 Å². The van der Waals surface area contributed by atoms with Gasteiger partial charge in [0, 0.05) is 18.7 Å². The number of aryl methyl sites for hydroxylation is 1. The number of amides is 1. The van der Waals surface area contributed by atoms with Gasteiger partial charge in [-0.05, 0) is 31.0 Å². The topological polar surface area (TPSA) is 42.7 Å². The molecule has 0 saturated carbocycles. The second-order valence-electron chi connectivity index (χ2n) is 4.97. The first-order valence-electron chi connectivity index (χ1n) is 6.69. The molecular weight excluding hydrogens is 254 g/mol. The lowest BCUT2D eigenvalue weighted by molar-refractivity contribution is 0.0732. The van der Waals surface area contributed by atoms with Crippen molar-refractivity contribution in [3.63, 3.8) is 0 Å². The summed E-state index contributed by atoms with van der Waals surface area (Å²) in [6, 6.07) is 7.73. The molecule has 0 spiro atoms. The summed E-state index contributed by atoms with van der Waals surface area (Å²) in [5, 5.41) is 0. The summed E-state index contributed by atoms with van der Waals surface area (Å²) in [7, 11) is 1.68. The van der Waals surface area contributed by atoms with Crippen LogP contribution in [0, 0.1) is 6.92 Å². The minimum atomic E-state index is 0.0321. The molecule has 1 aromatic heterocycles. The monoisotopic (exact) mass is 271 g/mol. The smallest absolute Gasteiger partial charge is 0.257 e. The van der Waals surface area contributed by atoms with Crippen LogP contribution in [0.5, 0.6) is 5.75 Å². The zero-order valence-electron chi connectivity index (χ0n) is 11.7. The van der Waals surface area contributed by atoms with Gasteiger partial charge in [-0.1, -0.05) is 12.1 Å². The summed E-state index contributed by atoms with van der Waals surface area (Å²) in [6.07, 6.45) is 2.38. The molecule has 0 radical (unpaired) electrons. The Morgan fingerprint density at radius 2 is 2.20 bits per heavy atom. The largest absolute Gasteiger partial charge is 0.496 e. The highest BCUT2D eigenvalue weighted by molar-refractivity contribution is 5.95. The van der Waals surface area contributed by atoms with E-state index in [9.17, 15) is 4.79 Å². The zero-order chi connectivity index (χ0) is 14.1. The third kappa shape index (κ3) is 2.07. The minimum Gasteiger partial charge on any atom is -0.496 e. The van der Waals surface area contributed by atoms with Crippen LogP contribution < -0.4 is 4.74 Å². The van der Waals surface area contributed by atoms with Crippen LogP contribution in [0.2, 0.25) is 0 Å². The number of rotatable bonds is 2. The lowest BCUT2D eigenvalue weighted by atomic mass is 9.98. The van der Waals surface area contributed by atoms with Gasteiger partial charge < -0.3 is 14.1 Å². The highest BCUT2D eigenvalue weighted by Gasteiger charge is 2.25. The Labute approximate surface area is 118 Å². The van der Waals surface area contributed by atoms with Crippen LogP contribution in [0.25, 0.3) is 0 Å². The fourth-order valence-electron chi connectivity index (χ4n) is 2.72. The standard InChI is InChI=1S/C16H17NO3/c1-11-13(7-9-20-11)16(18)17-8-6-14-12(10-17)4-3-5-15(14)19-2/h3-5,7,9H,6,8,10H2,1-2H3. The molecule has 1 aliphatic rings. The predicted octanol–water partition coefficient (Wildman–Crippen LogP) is 2.80. The molecule has 0 aliphatic carbocycles. The van der Waals surface area contributed by atoms with E-state index in [-0.39, 0.29) is 5.91 Å². The molecule has 2 aromatic rings. The molecule has 0 N–H and O–H groups in total. The summed E-state index contributed by atoms with van der Waals surface area (Å²) in [4.78, 5) is 14.3. The number of carbonyl (C=O) groups is 1. The van der Waals surface area contributed by atoms with E-state index in [0.717, 1.165) is 17.7 Å². The molecule has 0 fully saturated rings. The summed E-state index contributed by atoms with van der Waals surface area (Å²) in [6.45, 7) is 3.14. The SMILES string of the molecule is COc1cccc2c1CCN(C(=O)c1ccoc1C)C2. The van der Waals surface area contributed by atoms with Crippen molar-refractivity contribution >= 4 is 5.91 Å². The molecule has 1 amide bonds. The fourth-order valence-corrected chi connectivity index (χ4v) is 2.72. The van der Waals surface area contributed by atoms with Crippen LogP contribution in [0.1, 0.15) is 27.2 Å². The molecule has 4 heteroatoms. The number of nitrogens with zero attached hydrogens (tertiary/aromatic N) is 1. The molecule has 4 nitrogen and oxygen atoms in total. The third-order valence-corrected chi connectivity index (χ3v) is 3.82. The Hall–Kier alpha value is -2.23. The summed E-state index contributed by atoms with van der Waals surface area (Å²) >= 11 is 0. The second-order valence-corrected chi connectivity index (χ2v) is 4.97. The van der Waals surface area contributed by atoms with Gasteiger partial charge >= 0.3 is 0 Å². The lowest BCUT2D eigenvalue weighted by Gasteiger charge is -2.29. The molecule has 2 heterocycles. The number of methoxy groups -OCH3 is 1. The van der Waals surface area contributed by atoms with E-state index in [0.29, 0.717) is 24.4 Å². The first-order chi connectivity index (χ1) is 9.70. The quantitative estimate of drug-likeness (QED) is 0.843. The van der Waals surface area contributed by atoms with Gasteiger partial charge in [-0.2, -0.15) is 0 Å². The summed E-state index contributed by atoms with van der Waals surface area (Å²) in [5.41, 5.74) is 3.02. The molecule has 0 bridgehead atoms. The van der Waals surface area contributed by atoms with Gasteiger partial charge in [-0.25, -0.2) is 0 Å². The fraction of sp³-hybridized carbons (Fsp3) is 0.312. The number of benzene rings is 1. The van der Waals surface area contributed by atoms with Crippen LogP contribution in [-0.2, 0) is 13.0 Å². The van der Waals surface area contributed by atoms with Gasteiger partial charge in [0.2, 0.25) is 0 Å². The Bertz CT molecular complexity index is 645. The maximum atomic E-state index is 12.5. The van der Waals surface area contributed by atoms with E-state index in [2.05, 4.69) is 6.07 Å². The minimum absolute atomic E-state index is 0.0321. The number of furan rings is 1. The molecule has 1 aliphatic heterocycles. The molecule has 104 valence electrons. The number of hydrogen-bond donors (Lipinski definition) is 0. The van der Waals surface area contributed by atoms with Crippen LogP contribution in [0.3, 0.4) is 0 Å². The maximum Gasteiger partial charge on any atom is 0.257 e. The Kier molecular flexibility index (Phi) is 3.22. The number of carbonyl (C=O) groups excluding carboxylic acids is 1. The second kappa shape index (κ2) is 5.04. The van der Waals surface area contributed by atoms with Crippen molar-refractivity contribution in [2.24, 2.45) is 0 Å². The molecule has 0 saturated heterocycles. The van der Waals surface area contributed by atoms with Crippen molar-refractivity contribution in [3.8, 4) is 5.75 Å². The number of ether oxygens (including phenoxy) is 1. The molecule has 0 unspecified atom stereocenters. The van der Waals surface area contributed by atoms with Crippen molar-refractivity contribution in [2.45, 2.75) is 19.9 Å². The van der Waals surface area contributed by atoms with E-state index in [1.54, 1.807) is 19.4 Å². The molecule has 0 atom stereocenters. The van der Waals surface area contributed by atoms with Crippen molar-refractivity contribution in [1.82, 2.24) is 4.90 Å². The maximum absolute atomic E-state index is 12.5. The molecule has 20 heavy (non-hydrogen) atoms. The first kappa shape index (κ1) is 12.8. The zero-order valence-corrected chi connectivity index (χ0v) is 11.7. The molecular formula is C16H17NO3. The van der Waals surface area contributed by atoms with E-state index in [1.807, 2.05) is 24.0 Å². The van der Waals surface area contributed by atoms with Crippen molar-refractivity contribution in [3.05, 3.63) is 53.0 Å². The molecule has 3 rings (SSSR count). The van der Waals surface area contributed by atoms with Gasteiger partial charge in [-0.15, -0.1) is 0 Å². The van der Waals surface area contributed by atoms with Gasteiger partial charge in [-0.3, -0.25) is 4.79 Å². The Balaban J connectivity index is 1.86.